The monoisotopic (exact) mass is 373 g/mol. The summed E-state index contributed by atoms with van der Waals surface area (Å²) in [6.45, 7) is 8.10. The predicted molar refractivity (Wildman–Crippen MR) is 112 cm³/mol. The fraction of sp³-hybridized carbons (Fsp3) is 0.619. The Morgan fingerprint density at radius 1 is 1.07 bits per heavy atom. The zero-order chi connectivity index (χ0) is 19.3. The number of nitrogens with zero attached hydrogens (tertiary/aromatic N) is 2. The summed E-state index contributed by atoms with van der Waals surface area (Å²) in [6.07, 6.45) is 6.59. The number of benzene rings is 1. The van der Waals surface area contributed by atoms with E-state index in [9.17, 15) is 4.79 Å². The molecule has 0 spiro atoms. The Morgan fingerprint density at radius 2 is 1.78 bits per heavy atom. The molecule has 0 bridgehead atoms. The summed E-state index contributed by atoms with van der Waals surface area (Å²) in [5.41, 5.74) is 1.76. The van der Waals surface area contributed by atoms with Crippen LogP contribution in [0.2, 0.25) is 0 Å². The van der Waals surface area contributed by atoms with Gasteiger partial charge in [-0.05, 0) is 63.5 Å². The van der Waals surface area contributed by atoms with Crippen molar-refractivity contribution in [3.63, 3.8) is 0 Å². The normalized spacial score (nSPS) is 15.9. The third-order valence-corrected chi connectivity index (χ3v) is 4.85. The van der Waals surface area contributed by atoms with Crippen LogP contribution in [0.25, 0.3) is 0 Å². The Morgan fingerprint density at radius 3 is 2.41 bits per heavy atom. The van der Waals surface area contributed by atoms with E-state index in [0.29, 0.717) is 12.1 Å². The Balaban J connectivity index is 1.76. The smallest absolute Gasteiger partial charge is 0.251 e. The van der Waals surface area contributed by atoms with Crippen LogP contribution in [0, 0.1) is 0 Å². The number of amides is 1. The Bertz CT molecular complexity index is 577. The van der Waals surface area contributed by atoms with Crippen LogP contribution in [-0.2, 0) is 6.54 Å². The molecule has 0 saturated carbocycles. The summed E-state index contributed by atoms with van der Waals surface area (Å²) in [7, 11) is 1.64. The molecule has 1 aliphatic heterocycles. The first kappa shape index (κ1) is 21.2. The SMILES string of the molecule is CCNC(=NCc1ccc(C(=O)NC)cc1)NCCCN1CCCCCC1. The highest BCUT2D eigenvalue weighted by molar-refractivity contribution is 5.93. The highest BCUT2D eigenvalue weighted by Crippen LogP contribution is 2.09. The lowest BCUT2D eigenvalue weighted by Gasteiger charge is -2.20. The molecule has 6 heteroatoms. The van der Waals surface area contributed by atoms with Gasteiger partial charge in [-0.2, -0.15) is 0 Å². The highest BCUT2D eigenvalue weighted by atomic mass is 16.1. The van der Waals surface area contributed by atoms with Crippen molar-refractivity contribution in [3.05, 3.63) is 35.4 Å². The maximum Gasteiger partial charge on any atom is 0.251 e. The van der Waals surface area contributed by atoms with E-state index in [0.717, 1.165) is 37.6 Å². The van der Waals surface area contributed by atoms with Gasteiger partial charge in [0, 0.05) is 25.7 Å². The molecule has 0 radical (unpaired) electrons. The second-order valence-electron chi connectivity index (χ2n) is 7.01. The largest absolute Gasteiger partial charge is 0.357 e. The van der Waals surface area contributed by atoms with Crippen LogP contribution in [0.4, 0.5) is 0 Å². The number of aliphatic imine (C=N–C) groups is 1. The van der Waals surface area contributed by atoms with E-state index in [1.807, 2.05) is 24.3 Å². The number of hydrogen-bond donors (Lipinski definition) is 3. The van der Waals surface area contributed by atoms with Crippen molar-refractivity contribution in [1.29, 1.82) is 0 Å². The molecule has 1 amide bonds. The molecule has 1 aliphatic rings. The van der Waals surface area contributed by atoms with E-state index < -0.39 is 0 Å². The standard InChI is InChI=1S/C21H35N5O/c1-3-23-21(24-13-8-16-26-14-6-4-5-7-15-26)25-17-18-9-11-19(12-10-18)20(27)22-2/h9-12H,3-8,13-17H2,1-2H3,(H,22,27)(H2,23,24,25). The number of carbonyl (C=O) groups is 1. The van der Waals surface area contributed by atoms with E-state index in [4.69, 9.17) is 0 Å². The lowest BCUT2D eigenvalue weighted by molar-refractivity contribution is 0.0963. The quantitative estimate of drug-likeness (QED) is 0.372. The maximum absolute atomic E-state index is 11.6. The summed E-state index contributed by atoms with van der Waals surface area (Å²) < 4.78 is 0. The van der Waals surface area contributed by atoms with E-state index in [1.54, 1.807) is 7.05 Å². The highest BCUT2D eigenvalue weighted by Gasteiger charge is 2.08. The minimum atomic E-state index is -0.0653. The second kappa shape index (κ2) is 12.3. The van der Waals surface area contributed by atoms with Gasteiger partial charge in [-0.3, -0.25) is 4.79 Å². The van der Waals surface area contributed by atoms with Gasteiger partial charge in [0.1, 0.15) is 0 Å². The maximum atomic E-state index is 11.6. The van der Waals surface area contributed by atoms with E-state index >= 15 is 0 Å². The lowest BCUT2D eigenvalue weighted by atomic mass is 10.1. The Hall–Kier alpha value is -2.08. The van der Waals surface area contributed by atoms with Gasteiger partial charge in [0.05, 0.1) is 6.54 Å². The van der Waals surface area contributed by atoms with Crippen molar-refractivity contribution in [2.45, 2.75) is 45.6 Å². The Kier molecular flexibility index (Phi) is 9.69. The second-order valence-corrected chi connectivity index (χ2v) is 7.01. The molecule has 1 aromatic carbocycles. The minimum absolute atomic E-state index is 0.0653. The molecule has 0 aliphatic carbocycles. The lowest BCUT2D eigenvalue weighted by Crippen LogP contribution is -2.39. The number of nitrogens with one attached hydrogen (secondary N) is 3. The van der Waals surface area contributed by atoms with Gasteiger partial charge in [0.25, 0.3) is 5.91 Å². The zero-order valence-corrected chi connectivity index (χ0v) is 16.9. The molecule has 0 atom stereocenters. The van der Waals surface area contributed by atoms with Crippen molar-refractivity contribution in [2.24, 2.45) is 4.99 Å². The van der Waals surface area contributed by atoms with Crippen molar-refractivity contribution in [1.82, 2.24) is 20.9 Å². The zero-order valence-electron chi connectivity index (χ0n) is 16.9. The van der Waals surface area contributed by atoms with Crippen molar-refractivity contribution in [3.8, 4) is 0 Å². The molecular weight excluding hydrogens is 338 g/mol. The van der Waals surface area contributed by atoms with Crippen LogP contribution in [0.3, 0.4) is 0 Å². The Labute approximate surface area is 163 Å². The van der Waals surface area contributed by atoms with Gasteiger partial charge in [-0.25, -0.2) is 4.99 Å². The van der Waals surface area contributed by atoms with Crippen molar-refractivity contribution < 1.29 is 4.79 Å². The fourth-order valence-corrected chi connectivity index (χ4v) is 3.29. The molecule has 3 N–H and O–H groups in total. The predicted octanol–water partition coefficient (Wildman–Crippen LogP) is 2.37. The molecule has 0 unspecified atom stereocenters. The molecule has 1 fully saturated rings. The average molecular weight is 374 g/mol. The molecule has 0 aromatic heterocycles. The molecule has 1 heterocycles. The van der Waals surface area contributed by atoms with Crippen molar-refractivity contribution in [2.75, 3.05) is 39.8 Å². The molecule has 2 rings (SSSR count). The summed E-state index contributed by atoms with van der Waals surface area (Å²) in [4.78, 5) is 18.8. The summed E-state index contributed by atoms with van der Waals surface area (Å²) in [5, 5.41) is 9.37. The van der Waals surface area contributed by atoms with Crippen molar-refractivity contribution >= 4 is 11.9 Å². The van der Waals surface area contributed by atoms with E-state index in [2.05, 4.69) is 32.8 Å². The molecule has 1 aromatic rings. The molecule has 1 saturated heterocycles. The third-order valence-electron chi connectivity index (χ3n) is 4.85. The van der Waals surface area contributed by atoms with Gasteiger partial charge in [0.2, 0.25) is 0 Å². The van der Waals surface area contributed by atoms with E-state index in [1.165, 1.54) is 38.8 Å². The first-order chi connectivity index (χ1) is 13.2. The van der Waals surface area contributed by atoms with Crippen LogP contribution >= 0.6 is 0 Å². The van der Waals surface area contributed by atoms with Gasteiger partial charge >= 0.3 is 0 Å². The van der Waals surface area contributed by atoms with Crippen LogP contribution in [0.5, 0.6) is 0 Å². The number of hydrogen-bond acceptors (Lipinski definition) is 3. The average Bonchev–Trinajstić information content (AvgIpc) is 2.98. The van der Waals surface area contributed by atoms with Crippen LogP contribution < -0.4 is 16.0 Å². The van der Waals surface area contributed by atoms with Gasteiger partial charge in [-0.15, -0.1) is 0 Å². The summed E-state index contributed by atoms with van der Waals surface area (Å²) in [6, 6.07) is 7.59. The van der Waals surface area contributed by atoms with Crippen LogP contribution in [0.1, 0.15) is 54.9 Å². The van der Waals surface area contributed by atoms with Crippen LogP contribution in [-0.4, -0.2) is 56.5 Å². The number of rotatable bonds is 8. The third kappa shape index (κ3) is 7.99. The topological polar surface area (TPSA) is 68.8 Å². The van der Waals surface area contributed by atoms with Gasteiger partial charge in [0.15, 0.2) is 5.96 Å². The number of guanidine groups is 1. The fourth-order valence-electron chi connectivity index (χ4n) is 3.29. The number of likely N-dealkylation sites (tertiary alicyclic amines) is 1. The minimum Gasteiger partial charge on any atom is -0.357 e. The van der Waals surface area contributed by atoms with Gasteiger partial charge < -0.3 is 20.9 Å². The molecule has 6 nitrogen and oxygen atoms in total. The summed E-state index contributed by atoms with van der Waals surface area (Å²) >= 11 is 0. The molecule has 27 heavy (non-hydrogen) atoms. The number of carbonyl (C=O) groups excluding carboxylic acids is 1. The van der Waals surface area contributed by atoms with Crippen LogP contribution in [0.15, 0.2) is 29.3 Å². The van der Waals surface area contributed by atoms with E-state index in [-0.39, 0.29) is 5.91 Å². The molecular formula is C21H35N5O. The first-order valence-electron chi connectivity index (χ1n) is 10.3. The molecule has 150 valence electrons. The van der Waals surface area contributed by atoms with Gasteiger partial charge in [-0.1, -0.05) is 25.0 Å². The first-order valence-corrected chi connectivity index (χ1v) is 10.3. The summed E-state index contributed by atoms with van der Waals surface area (Å²) in [5.74, 6) is 0.785.